The monoisotopic (exact) mass is 448 g/mol. The number of hydrogen-bond donors (Lipinski definition) is 1. The molecule has 0 saturated carbocycles. The van der Waals surface area contributed by atoms with Crippen LogP contribution in [0.1, 0.15) is 28.6 Å². The second-order valence-corrected chi connectivity index (χ2v) is 8.73. The molecule has 8 heteroatoms. The fourth-order valence-electron chi connectivity index (χ4n) is 3.58. The molecule has 4 rings (SSSR count). The van der Waals surface area contributed by atoms with Gasteiger partial charge in [0.15, 0.2) is 5.11 Å². The molecule has 1 atom stereocenters. The molecule has 150 valence electrons. The van der Waals surface area contributed by atoms with Crippen LogP contribution in [0.3, 0.4) is 0 Å². The Morgan fingerprint density at radius 2 is 2.14 bits per heavy atom. The van der Waals surface area contributed by atoms with E-state index in [2.05, 4.69) is 12.2 Å². The highest BCUT2D eigenvalue weighted by Crippen LogP contribution is 2.37. The van der Waals surface area contributed by atoms with Gasteiger partial charge in [0, 0.05) is 27.5 Å². The Bertz CT molecular complexity index is 1130. The highest BCUT2D eigenvalue weighted by molar-refractivity contribution is 7.80. The van der Waals surface area contributed by atoms with Crippen LogP contribution in [0.5, 0.6) is 0 Å². The van der Waals surface area contributed by atoms with E-state index in [1.807, 2.05) is 23.1 Å². The van der Waals surface area contributed by atoms with Gasteiger partial charge in [0.2, 0.25) is 0 Å². The zero-order chi connectivity index (χ0) is 20.7. The highest BCUT2D eigenvalue weighted by atomic mass is 35.5. The quantitative estimate of drug-likeness (QED) is 0.383. The molecule has 0 bridgehead atoms. The maximum absolute atomic E-state index is 13.6. The molecule has 0 spiro atoms. The number of benzene rings is 2. The number of aryl methyl sites for hydroxylation is 1. The molecule has 4 nitrogen and oxygen atoms in total. The first kappa shape index (κ1) is 20.1. The third kappa shape index (κ3) is 3.70. The predicted molar refractivity (Wildman–Crippen MR) is 121 cm³/mol. The molecule has 0 unspecified atom stereocenters. The van der Waals surface area contributed by atoms with Crippen LogP contribution in [-0.2, 0) is 11.2 Å². The minimum absolute atomic E-state index is 0.193. The van der Waals surface area contributed by atoms with Gasteiger partial charge in [-0.05, 0) is 73.9 Å². The number of nitrogens with one attached hydrogen (secondary N) is 1. The van der Waals surface area contributed by atoms with Crippen molar-refractivity contribution in [2.75, 3.05) is 17.3 Å². The maximum atomic E-state index is 13.6. The van der Waals surface area contributed by atoms with Gasteiger partial charge in [0.05, 0.1) is 12.1 Å². The molecule has 1 N–H and O–H groups in total. The lowest BCUT2D eigenvalue weighted by molar-refractivity contribution is 0.0606. The Balaban J connectivity index is 1.63. The van der Waals surface area contributed by atoms with Crippen LogP contribution in [0.4, 0.5) is 15.8 Å². The third-order valence-corrected chi connectivity index (χ3v) is 6.98. The summed E-state index contributed by atoms with van der Waals surface area (Å²) in [6.45, 7) is 2.10. The first-order valence-electron chi connectivity index (χ1n) is 9.08. The third-order valence-electron chi connectivity index (χ3n) is 5.04. The Morgan fingerprint density at radius 3 is 2.90 bits per heavy atom. The number of nitrogens with zero attached hydrogens (tertiary/aromatic N) is 1. The highest BCUT2D eigenvalue weighted by Gasteiger charge is 2.26. The standard InChI is InChI=1S/C21H18ClFN2O2S2/c1-11-3-4-12-9-13(23)5-8-16(12)25(11)21(28)24-14-6-7-15-17(10-14)29-19(18(15)22)20(26)27-2/h5-11H,3-4H2,1-2H3,(H,24,28)/t11-/m0/s1. The molecule has 0 radical (unpaired) electrons. The van der Waals surface area contributed by atoms with Gasteiger partial charge in [-0.2, -0.15) is 0 Å². The lowest BCUT2D eigenvalue weighted by Crippen LogP contribution is -2.44. The smallest absolute Gasteiger partial charge is 0.349 e. The van der Waals surface area contributed by atoms with Crippen molar-refractivity contribution in [3.05, 3.63) is 57.7 Å². The van der Waals surface area contributed by atoms with E-state index in [1.54, 1.807) is 12.1 Å². The molecule has 2 heterocycles. The van der Waals surface area contributed by atoms with Crippen LogP contribution < -0.4 is 10.2 Å². The number of fused-ring (bicyclic) bond motifs is 2. The second kappa shape index (κ2) is 7.89. The Hall–Kier alpha value is -2.22. The van der Waals surface area contributed by atoms with Crippen molar-refractivity contribution in [3.63, 3.8) is 0 Å². The summed E-state index contributed by atoms with van der Waals surface area (Å²) in [4.78, 5) is 14.3. The number of thiophene rings is 1. The van der Waals surface area contributed by atoms with E-state index in [1.165, 1.54) is 24.5 Å². The maximum Gasteiger partial charge on any atom is 0.349 e. The number of methoxy groups -OCH3 is 1. The van der Waals surface area contributed by atoms with Gasteiger partial charge in [-0.25, -0.2) is 9.18 Å². The van der Waals surface area contributed by atoms with Crippen molar-refractivity contribution >= 4 is 67.7 Å². The number of anilines is 2. The van der Waals surface area contributed by atoms with Gasteiger partial charge in [0.25, 0.3) is 0 Å². The van der Waals surface area contributed by atoms with Gasteiger partial charge in [0.1, 0.15) is 10.7 Å². The number of carbonyl (C=O) groups excluding carboxylic acids is 1. The van der Waals surface area contributed by atoms with Gasteiger partial charge in [-0.3, -0.25) is 0 Å². The number of esters is 1. The molecular formula is C21H18ClFN2O2S2. The lowest BCUT2D eigenvalue weighted by Gasteiger charge is -2.37. The zero-order valence-electron chi connectivity index (χ0n) is 15.8. The van der Waals surface area contributed by atoms with Crippen LogP contribution in [0, 0.1) is 5.82 Å². The molecule has 3 aromatic rings. The second-order valence-electron chi connectivity index (χ2n) is 6.91. The number of carbonyl (C=O) groups is 1. The van der Waals surface area contributed by atoms with Crippen LogP contribution in [-0.4, -0.2) is 24.2 Å². The van der Waals surface area contributed by atoms with E-state index < -0.39 is 5.97 Å². The molecule has 29 heavy (non-hydrogen) atoms. The van der Waals surface area contributed by atoms with Gasteiger partial charge >= 0.3 is 5.97 Å². The topological polar surface area (TPSA) is 41.6 Å². The van der Waals surface area contributed by atoms with Crippen molar-refractivity contribution in [1.29, 1.82) is 0 Å². The SMILES string of the molecule is COC(=O)c1sc2cc(NC(=S)N3c4ccc(F)cc4CC[C@@H]3C)ccc2c1Cl. The minimum Gasteiger partial charge on any atom is -0.465 e. The van der Waals surface area contributed by atoms with Crippen molar-refractivity contribution in [2.45, 2.75) is 25.8 Å². The van der Waals surface area contributed by atoms with Crippen LogP contribution in [0.25, 0.3) is 10.1 Å². The Kier molecular flexibility index (Phi) is 5.46. The molecule has 1 aliphatic rings. The minimum atomic E-state index is -0.452. The fourth-order valence-corrected chi connectivity index (χ4v) is 5.44. The van der Waals surface area contributed by atoms with E-state index in [0.717, 1.165) is 39.9 Å². The summed E-state index contributed by atoms with van der Waals surface area (Å²) in [6.07, 6.45) is 1.71. The van der Waals surface area contributed by atoms with E-state index in [0.29, 0.717) is 15.0 Å². The molecule has 0 fully saturated rings. The summed E-state index contributed by atoms with van der Waals surface area (Å²) < 4.78 is 19.3. The molecular weight excluding hydrogens is 431 g/mol. The van der Waals surface area contributed by atoms with Crippen LogP contribution >= 0.6 is 35.2 Å². The molecule has 0 amide bonds. The summed E-state index contributed by atoms with van der Waals surface area (Å²) in [7, 11) is 1.33. The van der Waals surface area contributed by atoms with Gasteiger partial charge in [-0.15, -0.1) is 11.3 Å². The number of rotatable bonds is 2. The normalized spacial score (nSPS) is 15.9. The Labute approximate surface area is 182 Å². The average molecular weight is 449 g/mol. The number of ether oxygens (including phenoxy) is 1. The Morgan fingerprint density at radius 1 is 1.34 bits per heavy atom. The first-order chi connectivity index (χ1) is 13.9. The summed E-state index contributed by atoms with van der Waals surface area (Å²) in [5.41, 5.74) is 2.67. The van der Waals surface area contributed by atoms with Crippen molar-refractivity contribution in [1.82, 2.24) is 0 Å². The summed E-state index contributed by atoms with van der Waals surface area (Å²) >= 11 is 13.3. The molecule has 1 aromatic heterocycles. The van der Waals surface area contributed by atoms with Gasteiger partial charge in [-0.1, -0.05) is 11.6 Å². The molecule has 0 saturated heterocycles. The zero-order valence-corrected chi connectivity index (χ0v) is 18.2. The van der Waals surface area contributed by atoms with Gasteiger partial charge < -0.3 is 15.0 Å². The number of hydrogen-bond acceptors (Lipinski definition) is 4. The molecule has 0 aliphatic carbocycles. The molecule has 1 aliphatic heterocycles. The van der Waals surface area contributed by atoms with Crippen molar-refractivity contribution < 1.29 is 13.9 Å². The van der Waals surface area contributed by atoms with E-state index >= 15 is 0 Å². The van der Waals surface area contributed by atoms with E-state index in [4.69, 9.17) is 28.6 Å². The van der Waals surface area contributed by atoms with Crippen LogP contribution in [0.15, 0.2) is 36.4 Å². The van der Waals surface area contributed by atoms with Crippen molar-refractivity contribution in [2.24, 2.45) is 0 Å². The number of halogens is 2. The summed E-state index contributed by atoms with van der Waals surface area (Å²) in [6, 6.07) is 10.6. The van der Waals surface area contributed by atoms with Crippen LogP contribution in [0.2, 0.25) is 5.02 Å². The average Bonchev–Trinajstić information content (AvgIpc) is 3.03. The first-order valence-corrected chi connectivity index (χ1v) is 10.7. The summed E-state index contributed by atoms with van der Waals surface area (Å²) in [5, 5.41) is 5.00. The fraction of sp³-hybridized carbons (Fsp3) is 0.238. The van der Waals surface area contributed by atoms with E-state index in [9.17, 15) is 9.18 Å². The lowest BCUT2D eigenvalue weighted by atomic mass is 9.97. The largest absolute Gasteiger partial charge is 0.465 e. The number of thiocarbonyl (C=S) groups is 1. The van der Waals surface area contributed by atoms with E-state index in [-0.39, 0.29) is 11.9 Å². The predicted octanol–water partition coefficient (Wildman–Crippen LogP) is 6.02. The summed E-state index contributed by atoms with van der Waals surface area (Å²) in [5.74, 6) is -0.689. The molecule has 2 aromatic carbocycles. The van der Waals surface area contributed by atoms with Crippen molar-refractivity contribution in [3.8, 4) is 0 Å².